The topological polar surface area (TPSA) is 125 Å². The number of rotatable bonds is 16. The first-order chi connectivity index (χ1) is 25.9. The normalized spacial score (nSPS) is 12.4. The number of sulfonamides is 1. The summed E-state index contributed by atoms with van der Waals surface area (Å²) in [5.41, 5.74) is 1.15. The summed E-state index contributed by atoms with van der Waals surface area (Å²) in [4.78, 5) is 12.9. The molecule has 4 rings (SSSR count). The molecule has 0 aliphatic heterocycles. The van der Waals surface area contributed by atoms with Gasteiger partial charge in [0.2, 0.25) is 10.0 Å². The van der Waals surface area contributed by atoms with E-state index in [2.05, 4.69) is 4.98 Å². The molecule has 0 aliphatic carbocycles. The summed E-state index contributed by atoms with van der Waals surface area (Å²) in [7, 11) is 3.23. The van der Waals surface area contributed by atoms with Crippen molar-refractivity contribution in [2.24, 2.45) is 0 Å². The van der Waals surface area contributed by atoms with Crippen LogP contribution in [0.2, 0.25) is 5.02 Å². The fourth-order valence-electron chi connectivity index (χ4n) is 5.39. The molecule has 0 fully saturated rings. The number of hydrogen-bond acceptors (Lipinski definition) is 8. The number of hydrogen-bond donors (Lipinski definition) is 1. The molecule has 0 atom stereocenters. The van der Waals surface area contributed by atoms with Gasteiger partial charge in [-0.3, -0.25) is 4.57 Å². The molecule has 3 aromatic carbocycles. The van der Waals surface area contributed by atoms with Crippen molar-refractivity contribution in [1.82, 2.24) is 13.9 Å². The zero-order valence-corrected chi connectivity index (χ0v) is 33.9. The van der Waals surface area contributed by atoms with Gasteiger partial charge in [-0.1, -0.05) is 43.3 Å². The van der Waals surface area contributed by atoms with Gasteiger partial charge in [-0.15, -0.1) is 0 Å². The first-order valence-corrected chi connectivity index (χ1v) is 19.7. The summed E-state index contributed by atoms with van der Waals surface area (Å²) >= 11 is 7.34. The van der Waals surface area contributed by atoms with Gasteiger partial charge in [0.1, 0.15) is 29.2 Å². The Labute approximate surface area is 331 Å². The monoisotopic (exact) mass is 852 g/mol. The highest BCUT2D eigenvalue weighted by Crippen LogP contribution is 2.39. The third kappa shape index (κ3) is 12.1. The van der Waals surface area contributed by atoms with Crippen LogP contribution in [-0.4, -0.2) is 98.5 Å². The highest BCUT2D eigenvalue weighted by atomic mass is 35.5. The van der Waals surface area contributed by atoms with E-state index in [1.54, 1.807) is 29.0 Å². The third-order valence-electron chi connectivity index (χ3n) is 8.46. The van der Waals surface area contributed by atoms with Crippen LogP contribution in [0.1, 0.15) is 43.5 Å². The van der Waals surface area contributed by atoms with Gasteiger partial charge < -0.3 is 24.2 Å². The predicted molar refractivity (Wildman–Crippen MR) is 199 cm³/mol. The van der Waals surface area contributed by atoms with E-state index in [0.717, 1.165) is 29.5 Å². The first-order valence-electron chi connectivity index (χ1n) is 16.9. The number of thioether (sulfide) groups is 1. The van der Waals surface area contributed by atoms with E-state index < -0.39 is 49.9 Å². The van der Waals surface area contributed by atoms with Crippen LogP contribution in [0.25, 0.3) is 5.69 Å². The molecule has 1 heterocycles. The van der Waals surface area contributed by atoms with Crippen molar-refractivity contribution in [3.8, 4) is 11.4 Å². The number of halogens is 7. The molecule has 0 aliphatic rings. The van der Waals surface area contributed by atoms with E-state index in [9.17, 15) is 31.1 Å². The molecular weight excluding hydrogens is 810 g/mol. The Kier molecular flexibility index (Phi) is 15.9. The van der Waals surface area contributed by atoms with Crippen molar-refractivity contribution in [2.75, 3.05) is 54.5 Å². The Hall–Kier alpha value is -3.81. The van der Waals surface area contributed by atoms with Crippen molar-refractivity contribution in [2.45, 2.75) is 54.1 Å². The number of methoxy groups -OCH3 is 1. The summed E-state index contributed by atoms with van der Waals surface area (Å²) in [5, 5.41) is 19.0. The maximum Gasteiger partial charge on any atom is 0.430 e. The summed E-state index contributed by atoms with van der Waals surface area (Å²) in [6, 6.07) is 12.9. The Bertz CT molecular complexity index is 2050. The number of quaternary nitrogens is 1. The van der Waals surface area contributed by atoms with E-state index >= 15 is 8.78 Å². The zero-order valence-electron chi connectivity index (χ0n) is 31.5. The molecule has 56 heavy (non-hydrogen) atoms. The van der Waals surface area contributed by atoms with E-state index in [-0.39, 0.29) is 37.4 Å². The molecule has 0 spiro atoms. The van der Waals surface area contributed by atoms with E-state index in [0.29, 0.717) is 44.8 Å². The lowest BCUT2D eigenvalue weighted by molar-refractivity contribution is -0.870. The molecule has 0 bridgehead atoms. The van der Waals surface area contributed by atoms with Crippen LogP contribution in [0.15, 0.2) is 70.8 Å². The Morgan fingerprint density at radius 3 is 2.09 bits per heavy atom. The molecule has 0 saturated heterocycles. The molecule has 19 heteroatoms. The molecule has 4 aromatic rings. The minimum Gasteiger partial charge on any atom is -0.542 e. The Morgan fingerprint density at radius 1 is 1.00 bits per heavy atom. The van der Waals surface area contributed by atoms with Gasteiger partial charge in [-0.25, -0.2) is 26.6 Å². The SMILES string of the molecule is COc1cc(C(C)(C)c2cnc(SCc3c(F)cc(S(=O)(=O)N(CCCO)CCC[N+](C)(C)C)cc3F)n2-c2ccc(F)cc2)ccc1Cl.O=C([O-])C(F)(F)F. The summed E-state index contributed by atoms with van der Waals surface area (Å²) in [6.07, 6.45) is -2.82. The number of aliphatic hydroxyl groups excluding tert-OH is 1. The minimum absolute atomic E-state index is 0.0182. The van der Waals surface area contributed by atoms with Crippen molar-refractivity contribution in [3.63, 3.8) is 0 Å². The standard InChI is InChI=1S/C35H43ClF3N4O4S2.C2HF3O2/c1-35(2,24-9-14-29(36)32(19-24)47-6)33-22-40-34(42(33)26-12-10-25(37)11-13-26)48-23-28-30(38)20-27(21-31(28)39)49(45,46)41(16-8-18-44)15-7-17-43(3,4)5;3-2(4,5)1(6)7/h9-14,19-22,44H,7-8,15-18,23H2,1-6H3;(H,6,7)/q+1;/p-1. The smallest absolute Gasteiger partial charge is 0.430 e. The van der Waals surface area contributed by atoms with Crippen LogP contribution in [-0.2, 0) is 26.0 Å². The maximum absolute atomic E-state index is 15.6. The lowest BCUT2D eigenvalue weighted by Crippen LogP contribution is -2.39. The van der Waals surface area contributed by atoms with Crippen LogP contribution >= 0.6 is 23.4 Å². The molecular formula is C37H43ClF6N4O6S2. The number of carbonyl (C=O) groups is 1. The van der Waals surface area contributed by atoms with Crippen molar-refractivity contribution in [3.05, 3.63) is 100 Å². The number of imidazole rings is 1. The number of benzene rings is 3. The second-order valence-corrected chi connectivity index (χ2v) is 17.3. The van der Waals surface area contributed by atoms with Gasteiger partial charge in [-0.2, -0.15) is 17.5 Å². The number of ether oxygens (including phenoxy) is 1. The van der Waals surface area contributed by atoms with Gasteiger partial charge in [-0.05, 0) is 60.5 Å². The minimum atomic E-state index is -5.19. The number of aliphatic hydroxyl groups is 1. The summed E-state index contributed by atoms with van der Waals surface area (Å²) in [5.74, 6) is -5.16. The fourth-order valence-corrected chi connectivity index (χ4v) is 8.13. The number of alkyl halides is 3. The maximum atomic E-state index is 15.6. The highest BCUT2D eigenvalue weighted by molar-refractivity contribution is 7.98. The first kappa shape index (κ1) is 46.6. The van der Waals surface area contributed by atoms with Crippen LogP contribution in [0.5, 0.6) is 5.75 Å². The second kappa shape index (κ2) is 19.1. The number of carbonyl (C=O) groups excluding carboxylic acids is 1. The number of nitrogens with zero attached hydrogens (tertiary/aromatic N) is 4. The molecule has 0 radical (unpaired) electrons. The zero-order chi connectivity index (χ0) is 42.2. The third-order valence-corrected chi connectivity index (χ3v) is 11.6. The van der Waals surface area contributed by atoms with Crippen LogP contribution in [0.3, 0.4) is 0 Å². The van der Waals surface area contributed by atoms with Gasteiger partial charge in [0.05, 0.1) is 56.6 Å². The van der Waals surface area contributed by atoms with Gasteiger partial charge in [0.25, 0.3) is 0 Å². The summed E-state index contributed by atoms with van der Waals surface area (Å²) in [6.45, 7) is 4.58. The number of carboxylic acids is 1. The quantitative estimate of drug-likeness (QED) is 0.0788. The summed E-state index contributed by atoms with van der Waals surface area (Å²) < 4.78 is 113. The average molecular weight is 853 g/mol. The molecule has 10 nitrogen and oxygen atoms in total. The second-order valence-electron chi connectivity index (χ2n) is 14.0. The van der Waals surface area contributed by atoms with Crippen LogP contribution < -0.4 is 9.84 Å². The Morgan fingerprint density at radius 2 is 1.57 bits per heavy atom. The number of carboxylic acid groups (broad SMARTS) is 1. The largest absolute Gasteiger partial charge is 0.542 e. The van der Waals surface area contributed by atoms with E-state index in [1.165, 1.54) is 23.5 Å². The van der Waals surface area contributed by atoms with Crippen molar-refractivity contribution >= 4 is 39.4 Å². The van der Waals surface area contributed by atoms with Gasteiger partial charge in [0.15, 0.2) is 5.16 Å². The van der Waals surface area contributed by atoms with Gasteiger partial charge in [0, 0.05) is 48.5 Å². The predicted octanol–water partition coefficient (Wildman–Crippen LogP) is 6.34. The van der Waals surface area contributed by atoms with E-state index in [1.807, 2.05) is 47.1 Å². The molecule has 0 unspecified atom stereocenters. The van der Waals surface area contributed by atoms with E-state index in [4.69, 9.17) is 26.2 Å². The van der Waals surface area contributed by atoms with Crippen LogP contribution in [0, 0.1) is 17.5 Å². The van der Waals surface area contributed by atoms with Gasteiger partial charge >= 0.3 is 6.18 Å². The fraction of sp³-hybridized carbons (Fsp3) is 0.405. The van der Waals surface area contributed by atoms with Crippen LogP contribution in [0.4, 0.5) is 26.3 Å². The lowest BCUT2D eigenvalue weighted by Gasteiger charge is -2.28. The average Bonchev–Trinajstić information content (AvgIpc) is 3.54. The van der Waals surface area contributed by atoms with Crippen molar-refractivity contribution in [1.29, 1.82) is 0 Å². The molecule has 0 amide bonds. The lowest BCUT2D eigenvalue weighted by atomic mass is 9.81. The number of aromatic nitrogens is 2. The Balaban J connectivity index is 0.00000109. The molecule has 1 aromatic heterocycles. The van der Waals surface area contributed by atoms with Crippen molar-refractivity contribution < 1.29 is 59.0 Å². The molecule has 308 valence electrons. The highest BCUT2D eigenvalue weighted by Gasteiger charge is 2.32. The number of aliphatic carboxylic acids is 1. The molecule has 0 saturated carbocycles. The molecule has 1 N–H and O–H groups in total.